The first-order valence-corrected chi connectivity index (χ1v) is 10.6. The van der Waals surface area contributed by atoms with Crippen LogP contribution in [-0.4, -0.2) is 33.2 Å². The number of aromatic nitrogens is 2. The fourth-order valence-corrected chi connectivity index (χ4v) is 4.12. The molecule has 1 amide bonds. The van der Waals surface area contributed by atoms with Gasteiger partial charge >= 0.3 is 0 Å². The van der Waals surface area contributed by atoms with E-state index in [2.05, 4.69) is 34.4 Å². The Morgan fingerprint density at radius 2 is 1.87 bits per heavy atom. The van der Waals surface area contributed by atoms with Crippen LogP contribution in [0, 0.1) is 0 Å². The highest BCUT2D eigenvalue weighted by Crippen LogP contribution is 2.20. The zero-order valence-electron chi connectivity index (χ0n) is 17.4. The molecule has 6 nitrogen and oxygen atoms in total. The van der Waals surface area contributed by atoms with Gasteiger partial charge in [-0.15, -0.1) is 0 Å². The van der Waals surface area contributed by atoms with Crippen LogP contribution in [-0.2, 0) is 24.4 Å². The Labute approximate surface area is 176 Å². The molecule has 0 unspecified atom stereocenters. The van der Waals surface area contributed by atoms with Gasteiger partial charge in [-0.3, -0.25) is 14.5 Å². The lowest BCUT2D eigenvalue weighted by molar-refractivity contribution is -0.122. The molecule has 3 aromatic rings. The summed E-state index contributed by atoms with van der Waals surface area (Å²) in [6, 6.07) is 16.1. The van der Waals surface area contributed by atoms with Crippen LogP contribution in [0.2, 0.25) is 0 Å². The van der Waals surface area contributed by atoms with E-state index in [1.807, 2.05) is 30.3 Å². The number of hydrogen-bond acceptors (Lipinski definition) is 4. The number of likely N-dealkylation sites (tertiary alicyclic amines) is 1. The summed E-state index contributed by atoms with van der Waals surface area (Å²) in [4.78, 5) is 27.6. The van der Waals surface area contributed by atoms with E-state index in [0.717, 1.165) is 24.0 Å². The highest BCUT2D eigenvalue weighted by Gasteiger charge is 2.19. The van der Waals surface area contributed by atoms with Crippen LogP contribution in [0.25, 0.3) is 10.8 Å². The Morgan fingerprint density at radius 1 is 1.10 bits per heavy atom. The third-order valence-electron chi connectivity index (χ3n) is 5.96. The number of carbonyl (C=O) groups is 1. The summed E-state index contributed by atoms with van der Waals surface area (Å²) in [5.74, 6) is -0.221. The van der Waals surface area contributed by atoms with E-state index in [9.17, 15) is 9.59 Å². The number of rotatable bonds is 6. The molecule has 2 heterocycles. The second-order valence-electron chi connectivity index (χ2n) is 8.06. The Morgan fingerprint density at radius 3 is 2.70 bits per heavy atom. The molecule has 0 aliphatic carbocycles. The molecule has 1 aliphatic heterocycles. The molecule has 4 rings (SSSR count). The molecule has 1 aromatic heterocycles. The minimum Gasteiger partial charge on any atom is -0.350 e. The van der Waals surface area contributed by atoms with Gasteiger partial charge in [-0.2, -0.15) is 5.10 Å². The third kappa shape index (κ3) is 4.60. The Kier molecular flexibility index (Phi) is 6.23. The van der Waals surface area contributed by atoms with Gasteiger partial charge in [-0.25, -0.2) is 4.68 Å². The Hall–Kier alpha value is -2.99. The average Bonchev–Trinajstić information content (AvgIpc) is 2.77. The van der Waals surface area contributed by atoms with E-state index < -0.39 is 0 Å². The average molecular weight is 405 g/mol. The highest BCUT2D eigenvalue weighted by atomic mass is 16.2. The van der Waals surface area contributed by atoms with Gasteiger partial charge < -0.3 is 5.32 Å². The second kappa shape index (κ2) is 9.22. The topological polar surface area (TPSA) is 67.2 Å². The third-order valence-corrected chi connectivity index (χ3v) is 5.96. The number of nitrogens with one attached hydrogen (secondary N) is 1. The first kappa shape index (κ1) is 20.3. The normalized spacial score (nSPS) is 17.2. The summed E-state index contributed by atoms with van der Waals surface area (Å²) in [7, 11) is 0. The molecule has 2 aromatic carbocycles. The molecule has 156 valence electrons. The number of fused-ring (bicyclic) bond motifs is 1. The van der Waals surface area contributed by atoms with Crippen LogP contribution in [0.4, 0.5) is 0 Å². The number of amides is 1. The van der Waals surface area contributed by atoms with E-state index >= 15 is 0 Å². The van der Waals surface area contributed by atoms with Crippen molar-refractivity contribution in [1.29, 1.82) is 0 Å². The van der Waals surface area contributed by atoms with E-state index in [1.54, 1.807) is 12.3 Å². The molecule has 1 aliphatic rings. The predicted molar refractivity (Wildman–Crippen MR) is 118 cm³/mol. The first-order valence-electron chi connectivity index (χ1n) is 10.6. The molecule has 1 atom stereocenters. The van der Waals surface area contributed by atoms with Crippen LogP contribution in [0.1, 0.15) is 37.3 Å². The summed E-state index contributed by atoms with van der Waals surface area (Å²) in [5, 5.41) is 8.44. The lowest BCUT2D eigenvalue weighted by atomic mass is 10.0. The van der Waals surface area contributed by atoms with E-state index in [0.29, 0.717) is 18.0 Å². The summed E-state index contributed by atoms with van der Waals surface area (Å²) in [5.41, 5.74) is 2.11. The molecule has 1 N–H and O–H groups in total. The van der Waals surface area contributed by atoms with Gasteiger partial charge in [0.15, 0.2) is 0 Å². The quantitative estimate of drug-likeness (QED) is 0.686. The fraction of sp³-hybridized carbons (Fsp3) is 0.375. The Balaban J connectivity index is 1.41. The largest absolute Gasteiger partial charge is 0.350 e. The van der Waals surface area contributed by atoms with Crippen molar-refractivity contribution >= 4 is 16.7 Å². The highest BCUT2D eigenvalue weighted by molar-refractivity contribution is 5.81. The van der Waals surface area contributed by atoms with Gasteiger partial charge in [0.2, 0.25) is 5.91 Å². The standard InChI is InChI=1S/C24H28N4O2/c1-18-8-6-7-13-27(18)16-21-11-3-2-9-19(21)14-25-23(29)17-28-24(30)22-12-5-4-10-20(22)15-26-28/h2-5,9-12,15,18H,6-8,13-14,16-17H2,1H3,(H,25,29)/t18-/m1/s1. The van der Waals surface area contributed by atoms with E-state index in [4.69, 9.17) is 0 Å². The second-order valence-corrected chi connectivity index (χ2v) is 8.06. The van der Waals surface area contributed by atoms with Crippen LogP contribution in [0.3, 0.4) is 0 Å². The van der Waals surface area contributed by atoms with Gasteiger partial charge in [-0.05, 0) is 43.5 Å². The molecule has 0 radical (unpaired) electrons. The van der Waals surface area contributed by atoms with Gasteiger partial charge in [0, 0.05) is 24.5 Å². The molecule has 6 heteroatoms. The van der Waals surface area contributed by atoms with Crippen LogP contribution < -0.4 is 10.9 Å². The van der Waals surface area contributed by atoms with Gasteiger partial charge in [0.05, 0.1) is 11.6 Å². The molecule has 0 spiro atoms. The minimum absolute atomic E-state index is 0.0883. The van der Waals surface area contributed by atoms with Gasteiger partial charge in [-0.1, -0.05) is 48.9 Å². The fourth-order valence-electron chi connectivity index (χ4n) is 4.12. The summed E-state index contributed by atoms with van der Waals surface area (Å²) in [6.45, 7) is 4.67. The monoisotopic (exact) mass is 404 g/mol. The van der Waals surface area contributed by atoms with Crippen LogP contribution >= 0.6 is 0 Å². The van der Waals surface area contributed by atoms with Crippen molar-refractivity contribution in [3.8, 4) is 0 Å². The SMILES string of the molecule is C[C@@H]1CCCCN1Cc1ccccc1CNC(=O)Cn1ncc2ccccc2c1=O. The molecular weight excluding hydrogens is 376 g/mol. The van der Waals surface area contributed by atoms with E-state index in [-0.39, 0.29) is 18.0 Å². The maximum Gasteiger partial charge on any atom is 0.275 e. The van der Waals surface area contributed by atoms with Crippen molar-refractivity contribution < 1.29 is 4.79 Å². The molecule has 0 saturated carbocycles. The molecule has 0 bridgehead atoms. The zero-order valence-corrected chi connectivity index (χ0v) is 17.4. The van der Waals surface area contributed by atoms with Crippen molar-refractivity contribution in [2.75, 3.05) is 6.54 Å². The number of nitrogens with zero attached hydrogens (tertiary/aromatic N) is 3. The summed E-state index contributed by atoms with van der Waals surface area (Å²) < 4.78 is 1.22. The molecular formula is C24H28N4O2. The number of hydrogen-bond donors (Lipinski definition) is 1. The number of benzene rings is 2. The van der Waals surface area contributed by atoms with Crippen molar-refractivity contribution in [2.45, 2.75) is 51.9 Å². The first-order chi connectivity index (χ1) is 14.6. The molecule has 1 saturated heterocycles. The summed E-state index contributed by atoms with van der Waals surface area (Å²) in [6.07, 6.45) is 5.42. The lowest BCUT2D eigenvalue weighted by Gasteiger charge is -2.33. The lowest BCUT2D eigenvalue weighted by Crippen LogP contribution is -2.37. The summed E-state index contributed by atoms with van der Waals surface area (Å²) >= 11 is 0. The Bertz CT molecular complexity index is 1090. The van der Waals surface area contributed by atoms with Crippen molar-refractivity contribution in [2.24, 2.45) is 0 Å². The van der Waals surface area contributed by atoms with Gasteiger partial charge in [0.1, 0.15) is 6.54 Å². The number of piperidine rings is 1. The van der Waals surface area contributed by atoms with Crippen LogP contribution in [0.15, 0.2) is 59.5 Å². The zero-order chi connectivity index (χ0) is 20.9. The van der Waals surface area contributed by atoms with Crippen molar-refractivity contribution in [1.82, 2.24) is 20.0 Å². The number of carbonyl (C=O) groups excluding carboxylic acids is 1. The van der Waals surface area contributed by atoms with Crippen molar-refractivity contribution in [3.63, 3.8) is 0 Å². The molecule has 30 heavy (non-hydrogen) atoms. The van der Waals surface area contributed by atoms with E-state index in [1.165, 1.54) is 29.5 Å². The maximum atomic E-state index is 12.6. The van der Waals surface area contributed by atoms with Gasteiger partial charge in [0.25, 0.3) is 5.56 Å². The van der Waals surface area contributed by atoms with Crippen molar-refractivity contribution in [3.05, 3.63) is 76.2 Å². The maximum absolute atomic E-state index is 12.6. The smallest absolute Gasteiger partial charge is 0.275 e. The predicted octanol–water partition coefficient (Wildman–Crippen LogP) is 3.09. The van der Waals surface area contributed by atoms with Crippen LogP contribution in [0.5, 0.6) is 0 Å². The molecule has 1 fully saturated rings. The minimum atomic E-state index is -0.247.